The van der Waals surface area contributed by atoms with Crippen LogP contribution in [0.3, 0.4) is 0 Å². The summed E-state index contributed by atoms with van der Waals surface area (Å²) in [7, 11) is -3.66. The van der Waals surface area contributed by atoms with E-state index in [1.165, 1.54) is 6.07 Å². The van der Waals surface area contributed by atoms with Crippen LogP contribution in [0.15, 0.2) is 63.9 Å². The second-order valence-corrected chi connectivity index (χ2v) is 7.32. The van der Waals surface area contributed by atoms with Crippen molar-refractivity contribution in [3.8, 4) is 0 Å². The number of benzene rings is 2. The number of fused-ring (bicyclic) bond motifs is 1. The van der Waals surface area contributed by atoms with E-state index in [9.17, 15) is 13.2 Å². The maximum atomic E-state index is 12.1. The molecule has 6 nitrogen and oxygen atoms in total. The zero-order chi connectivity index (χ0) is 17.7. The number of carbonyl (C=O) groups excluding carboxylic acids is 1. The Morgan fingerprint density at radius 2 is 1.76 bits per heavy atom. The minimum Gasteiger partial charge on any atom is -0.352 e. The SMILES string of the molecule is O=C(CCCC1=NS(=O)(=O)c2ccccc2N1)NCc1ccccc1. The third-order valence-electron chi connectivity index (χ3n) is 3.82. The molecule has 1 aliphatic heterocycles. The minimum absolute atomic E-state index is 0.0662. The van der Waals surface area contributed by atoms with Crippen LogP contribution in [-0.4, -0.2) is 20.2 Å². The van der Waals surface area contributed by atoms with Gasteiger partial charge in [-0.1, -0.05) is 42.5 Å². The molecule has 0 bridgehead atoms. The molecule has 0 spiro atoms. The van der Waals surface area contributed by atoms with E-state index in [1.54, 1.807) is 18.2 Å². The van der Waals surface area contributed by atoms with Gasteiger partial charge >= 0.3 is 0 Å². The first-order chi connectivity index (χ1) is 12.0. The van der Waals surface area contributed by atoms with E-state index in [2.05, 4.69) is 15.0 Å². The van der Waals surface area contributed by atoms with Gasteiger partial charge in [-0.15, -0.1) is 4.40 Å². The van der Waals surface area contributed by atoms with E-state index in [0.29, 0.717) is 37.3 Å². The summed E-state index contributed by atoms with van der Waals surface area (Å²) >= 11 is 0. The van der Waals surface area contributed by atoms with Crippen molar-refractivity contribution in [1.29, 1.82) is 0 Å². The third-order valence-corrected chi connectivity index (χ3v) is 5.20. The van der Waals surface area contributed by atoms with E-state index in [-0.39, 0.29) is 10.8 Å². The molecule has 2 N–H and O–H groups in total. The molecule has 25 heavy (non-hydrogen) atoms. The van der Waals surface area contributed by atoms with E-state index >= 15 is 0 Å². The van der Waals surface area contributed by atoms with Gasteiger partial charge in [0.15, 0.2) is 0 Å². The normalized spacial score (nSPS) is 14.8. The van der Waals surface area contributed by atoms with Crippen molar-refractivity contribution in [3.05, 3.63) is 60.2 Å². The second kappa shape index (κ2) is 7.48. The lowest BCUT2D eigenvalue weighted by molar-refractivity contribution is -0.121. The van der Waals surface area contributed by atoms with Crippen molar-refractivity contribution < 1.29 is 13.2 Å². The molecule has 0 aliphatic carbocycles. The number of amidine groups is 1. The molecule has 2 aromatic carbocycles. The topological polar surface area (TPSA) is 87.6 Å². The van der Waals surface area contributed by atoms with Gasteiger partial charge in [0.05, 0.1) is 5.69 Å². The maximum absolute atomic E-state index is 12.1. The number of nitrogens with one attached hydrogen (secondary N) is 2. The van der Waals surface area contributed by atoms with Crippen LogP contribution < -0.4 is 10.6 Å². The number of amides is 1. The smallest absolute Gasteiger partial charge is 0.286 e. The molecule has 2 aromatic rings. The van der Waals surface area contributed by atoms with E-state index in [1.807, 2.05) is 30.3 Å². The summed E-state index contributed by atoms with van der Waals surface area (Å²) in [5, 5.41) is 5.87. The van der Waals surface area contributed by atoms with Crippen molar-refractivity contribution in [2.75, 3.05) is 5.32 Å². The van der Waals surface area contributed by atoms with Gasteiger partial charge in [0, 0.05) is 19.4 Å². The first kappa shape index (κ1) is 17.2. The molecule has 0 radical (unpaired) electrons. The maximum Gasteiger partial charge on any atom is 0.286 e. The van der Waals surface area contributed by atoms with Gasteiger partial charge in [-0.25, -0.2) is 0 Å². The van der Waals surface area contributed by atoms with Gasteiger partial charge < -0.3 is 10.6 Å². The number of anilines is 1. The first-order valence-electron chi connectivity index (χ1n) is 8.05. The predicted octanol–water partition coefficient (Wildman–Crippen LogP) is 2.69. The zero-order valence-electron chi connectivity index (χ0n) is 13.6. The van der Waals surface area contributed by atoms with Crippen molar-refractivity contribution >= 4 is 27.5 Å². The summed E-state index contributed by atoms with van der Waals surface area (Å²) in [4.78, 5) is 12.1. The predicted molar refractivity (Wildman–Crippen MR) is 96.8 cm³/mol. The Labute approximate surface area is 147 Å². The molecule has 0 fully saturated rings. The highest BCUT2D eigenvalue weighted by atomic mass is 32.2. The van der Waals surface area contributed by atoms with Crippen LogP contribution in [0.1, 0.15) is 24.8 Å². The number of sulfonamides is 1. The fourth-order valence-electron chi connectivity index (χ4n) is 2.58. The Bertz CT molecular complexity index is 893. The molecule has 1 heterocycles. The van der Waals surface area contributed by atoms with Crippen LogP contribution >= 0.6 is 0 Å². The standard InChI is InChI=1S/C18H19N3O3S/c22-18(19-13-14-7-2-1-3-8-14)12-6-11-17-20-15-9-4-5-10-16(15)25(23,24)21-17/h1-5,7-10H,6,11-13H2,(H,19,22)(H,20,21). The number of hydrogen-bond acceptors (Lipinski definition) is 4. The second-order valence-electron chi connectivity index (χ2n) is 5.75. The van der Waals surface area contributed by atoms with Crippen molar-refractivity contribution in [2.24, 2.45) is 4.40 Å². The summed E-state index contributed by atoms with van der Waals surface area (Å²) in [6.07, 6.45) is 1.23. The van der Waals surface area contributed by atoms with Gasteiger partial charge in [0.2, 0.25) is 5.91 Å². The van der Waals surface area contributed by atoms with Crippen LogP contribution in [-0.2, 0) is 21.4 Å². The third kappa shape index (κ3) is 4.45. The average molecular weight is 357 g/mol. The highest BCUT2D eigenvalue weighted by molar-refractivity contribution is 7.90. The summed E-state index contributed by atoms with van der Waals surface area (Å²) in [5.41, 5.74) is 1.57. The monoisotopic (exact) mass is 357 g/mol. The Hall–Kier alpha value is -2.67. The minimum atomic E-state index is -3.66. The molecule has 0 unspecified atom stereocenters. The first-order valence-corrected chi connectivity index (χ1v) is 9.49. The Morgan fingerprint density at radius 3 is 2.56 bits per heavy atom. The Morgan fingerprint density at radius 1 is 1.04 bits per heavy atom. The Kier molecular flexibility index (Phi) is 5.14. The Balaban J connectivity index is 1.49. The van der Waals surface area contributed by atoms with E-state index in [4.69, 9.17) is 0 Å². The fourth-order valence-corrected chi connectivity index (χ4v) is 3.75. The lowest BCUT2D eigenvalue weighted by Crippen LogP contribution is -2.24. The van der Waals surface area contributed by atoms with E-state index < -0.39 is 10.0 Å². The fraction of sp³-hybridized carbons (Fsp3) is 0.222. The van der Waals surface area contributed by atoms with Crippen LogP contribution in [0, 0.1) is 0 Å². The molecule has 130 valence electrons. The highest BCUT2D eigenvalue weighted by Gasteiger charge is 2.23. The van der Waals surface area contributed by atoms with E-state index in [0.717, 1.165) is 5.56 Å². The quantitative estimate of drug-likeness (QED) is 0.832. The number of para-hydroxylation sites is 1. The molecule has 0 saturated heterocycles. The number of rotatable bonds is 6. The van der Waals surface area contributed by atoms with Crippen LogP contribution in [0.25, 0.3) is 0 Å². The van der Waals surface area contributed by atoms with Crippen LogP contribution in [0.4, 0.5) is 5.69 Å². The molecule has 7 heteroatoms. The van der Waals surface area contributed by atoms with Gasteiger partial charge in [-0.2, -0.15) is 8.42 Å². The summed E-state index contributed by atoms with van der Waals surface area (Å²) in [6, 6.07) is 16.3. The van der Waals surface area contributed by atoms with Crippen molar-refractivity contribution in [2.45, 2.75) is 30.7 Å². The molecule has 0 aromatic heterocycles. The number of carbonyl (C=O) groups is 1. The van der Waals surface area contributed by atoms with Gasteiger partial charge in [-0.3, -0.25) is 4.79 Å². The van der Waals surface area contributed by atoms with Crippen molar-refractivity contribution in [3.63, 3.8) is 0 Å². The molecule has 1 aliphatic rings. The van der Waals surface area contributed by atoms with Crippen LogP contribution in [0.2, 0.25) is 0 Å². The summed E-state index contributed by atoms with van der Waals surface area (Å²) in [6.45, 7) is 0.487. The molecular formula is C18H19N3O3S. The number of nitrogens with zero attached hydrogens (tertiary/aromatic N) is 1. The molecule has 3 rings (SSSR count). The molecule has 0 saturated carbocycles. The molecular weight excluding hydrogens is 338 g/mol. The summed E-state index contributed by atoms with van der Waals surface area (Å²) < 4.78 is 28.1. The lowest BCUT2D eigenvalue weighted by atomic mass is 10.2. The zero-order valence-corrected chi connectivity index (χ0v) is 14.4. The lowest BCUT2D eigenvalue weighted by Gasteiger charge is -2.17. The van der Waals surface area contributed by atoms with Gasteiger partial charge in [0.25, 0.3) is 10.0 Å². The summed E-state index contributed by atoms with van der Waals surface area (Å²) in [5.74, 6) is 0.304. The van der Waals surface area contributed by atoms with Gasteiger partial charge in [0.1, 0.15) is 10.7 Å². The molecule has 1 amide bonds. The van der Waals surface area contributed by atoms with Gasteiger partial charge in [-0.05, 0) is 24.1 Å². The highest BCUT2D eigenvalue weighted by Crippen LogP contribution is 2.27. The average Bonchev–Trinajstić information content (AvgIpc) is 2.60. The van der Waals surface area contributed by atoms with Crippen molar-refractivity contribution in [1.82, 2.24) is 5.32 Å². The van der Waals surface area contributed by atoms with Crippen LogP contribution in [0.5, 0.6) is 0 Å². The largest absolute Gasteiger partial charge is 0.352 e. The number of hydrogen-bond donors (Lipinski definition) is 2. The molecule has 0 atom stereocenters.